The van der Waals surface area contributed by atoms with Crippen LogP contribution in [0, 0.1) is 0 Å². The predicted molar refractivity (Wildman–Crippen MR) is 81.1 cm³/mol. The van der Waals surface area contributed by atoms with E-state index in [9.17, 15) is 4.79 Å². The Morgan fingerprint density at radius 1 is 1.30 bits per heavy atom. The Bertz CT molecular complexity index is 409. The molecule has 0 aromatic heterocycles. The van der Waals surface area contributed by atoms with Crippen LogP contribution in [0.2, 0.25) is 0 Å². The van der Waals surface area contributed by atoms with Crippen LogP contribution in [0.1, 0.15) is 39.0 Å². The highest BCUT2D eigenvalue weighted by molar-refractivity contribution is 5.94. The third-order valence-corrected chi connectivity index (χ3v) is 3.47. The van der Waals surface area contributed by atoms with Crippen molar-refractivity contribution in [1.29, 1.82) is 0 Å². The second-order valence-corrected chi connectivity index (χ2v) is 5.22. The summed E-state index contributed by atoms with van der Waals surface area (Å²) in [6.45, 7) is 3.73. The van der Waals surface area contributed by atoms with Crippen molar-refractivity contribution in [2.75, 3.05) is 18.5 Å². The Labute approximate surface area is 120 Å². The molecule has 4 heteroatoms. The van der Waals surface area contributed by atoms with Crippen LogP contribution in [0.15, 0.2) is 24.3 Å². The van der Waals surface area contributed by atoms with Crippen LogP contribution in [-0.4, -0.2) is 25.1 Å². The number of carbonyl (C=O) groups is 1. The minimum absolute atomic E-state index is 0.0616. The maximum absolute atomic E-state index is 12.2. The molecule has 2 N–H and O–H groups in total. The van der Waals surface area contributed by atoms with Crippen molar-refractivity contribution in [1.82, 2.24) is 5.32 Å². The fourth-order valence-electron chi connectivity index (χ4n) is 2.34. The Morgan fingerprint density at radius 2 is 2.10 bits per heavy atom. The lowest BCUT2D eigenvalue weighted by Crippen LogP contribution is -2.39. The van der Waals surface area contributed by atoms with Crippen molar-refractivity contribution in [2.45, 2.75) is 45.1 Å². The standard InChI is InChI=1S/C16H24N2O2/c1-2-12-20-14-9-7-13(8-10-14)18-16(19)15-6-4-3-5-11-17-15/h7-10,15,17H,2-6,11-12H2,1H3,(H,18,19). The summed E-state index contributed by atoms with van der Waals surface area (Å²) >= 11 is 0. The minimum Gasteiger partial charge on any atom is -0.494 e. The molecule has 1 heterocycles. The van der Waals surface area contributed by atoms with Gasteiger partial charge in [0.1, 0.15) is 5.75 Å². The lowest BCUT2D eigenvalue weighted by atomic mass is 10.1. The van der Waals surface area contributed by atoms with Crippen molar-refractivity contribution >= 4 is 11.6 Å². The van der Waals surface area contributed by atoms with Gasteiger partial charge in [-0.25, -0.2) is 0 Å². The summed E-state index contributed by atoms with van der Waals surface area (Å²) in [4.78, 5) is 12.2. The highest BCUT2D eigenvalue weighted by Crippen LogP contribution is 2.17. The van der Waals surface area contributed by atoms with Crippen LogP contribution < -0.4 is 15.4 Å². The molecule has 0 bridgehead atoms. The summed E-state index contributed by atoms with van der Waals surface area (Å²) in [7, 11) is 0. The summed E-state index contributed by atoms with van der Waals surface area (Å²) in [6.07, 6.45) is 5.40. The lowest BCUT2D eigenvalue weighted by Gasteiger charge is -2.15. The fourth-order valence-corrected chi connectivity index (χ4v) is 2.34. The van der Waals surface area contributed by atoms with Crippen LogP contribution in [0.3, 0.4) is 0 Å². The van der Waals surface area contributed by atoms with Gasteiger partial charge < -0.3 is 15.4 Å². The number of carbonyl (C=O) groups excluding carboxylic acids is 1. The molecule has 4 nitrogen and oxygen atoms in total. The third kappa shape index (κ3) is 4.53. The summed E-state index contributed by atoms with van der Waals surface area (Å²) in [5.74, 6) is 0.909. The van der Waals surface area contributed by atoms with E-state index < -0.39 is 0 Å². The quantitative estimate of drug-likeness (QED) is 0.869. The Kier molecular flexibility index (Phi) is 5.87. The van der Waals surface area contributed by atoms with Gasteiger partial charge in [0, 0.05) is 5.69 Å². The molecule has 1 aliphatic rings. The second kappa shape index (κ2) is 7.90. The van der Waals surface area contributed by atoms with Gasteiger partial charge in [0.25, 0.3) is 0 Å². The number of anilines is 1. The van der Waals surface area contributed by atoms with Gasteiger partial charge in [-0.3, -0.25) is 4.79 Å². The number of benzene rings is 1. The van der Waals surface area contributed by atoms with Crippen molar-refractivity contribution in [3.8, 4) is 5.75 Å². The predicted octanol–water partition coefficient (Wildman–Crippen LogP) is 2.95. The molecule has 1 atom stereocenters. The topological polar surface area (TPSA) is 50.4 Å². The van der Waals surface area contributed by atoms with E-state index in [-0.39, 0.29) is 11.9 Å². The largest absolute Gasteiger partial charge is 0.494 e. The van der Waals surface area contributed by atoms with Crippen LogP contribution >= 0.6 is 0 Å². The molecule has 2 rings (SSSR count). The van der Waals surface area contributed by atoms with Gasteiger partial charge in [-0.1, -0.05) is 19.8 Å². The van der Waals surface area contributed by atoms with Gasteiger partial charge in [0.2, 0.25) is 5.91 Å². The van der Waals surface area contributed by atoms with Gasteiger partial charge in [-0.15, -0.1) is 0 Å². The van der Waals surface area contributed by atoms with Crippen molar-refractivity contribution in [3.05, 3.63) is 24.3 Å². The number of hydrogen-bond donors (Lipinski definition) is 2. The van der Waals surface area contributed by atoms with E-state index in [1.165, 1.54) is 6.42 Å². The molecule has 1 aromatic carbocycles. The summed E-state index contributed by atoms with van der Waals surface area (Å²) in [5, 5.41) is 6.27. The Balaban J connectivity index is 1.86. The lowest BCUT2D eigenvalue weighted by molar-refractivity contribution is -0.118. The summed E-state index contributed by atoms with van der Waals surface area (Å²) in [6, 6.07) is 7.50. The molecule has 1 aliphatic heterocycles. The molecule has 20 heavy (non-hydrogen) atoms. The molecule has 110 valence electrons. The van der Waals surface area contributed by atoms with Gasteiger partial charge in [0.05, 0.1) is 12.6 Å². The SMILES string of the molecule is CCCOc1ccc(NC(=O)C2CCCCCN2)cc1. The summed E-state index contributed by atoms with van der Waals surface area (Å²) in [5.41, 5.74) is 0.824. The molecule has 0 spiro atoms. The maximum Gasteiger partial charge on any atom is 0.241 e. The maximum atomic E-state index is 12.2. The monoisotopic (exact) mass is 276 g/mol. The summed E-state index contributed by atoms with van der Waals surface area (Å²) < 4.78 is 5.52. The average Bonchev–Trinajstić information content (AvgIpc) is 2.75. The number of rotatable bonds is 5. The first-order valence-electron chi connectivity index (χ1n) is 7.56. The first kappa shape index (κ1) is 14.9. The smallest absolute Gasteiger partial charge is 0.241 e. The molecule has 1 saturated heterocycles. The molecule has 1 aromatic rings. The number of nitrogens with one attached hydrogen (secondary N) is 2. The first-order chi connectivity index (χ1) is 9.79. The molecule has 0 radical (unpaired) electrons. The third-order valence-electron chi connectivity index (χ3n) is 3.47. The fraction of sp³-hybridized carbons (Fsp3) is 0.562. The van der Waals surface area contributed by atoms with E-state index in [0.717, 1.165) is 50.3 Å². The van der Waals surface area contributed by atoms with Crippen LogP contribution in [0.25, 0.3) is 0 Å². The molecule has 1 amide bonds. The number of ether oxygens (including phenoxy) is 1. The average molecular weight is 276 g/mol. The van der Waals surface area contributed by atoms with E-state index >= 15 is 0 Å². The normalized spacial score (nSPS) is 19.1. The molecular weight excluding hydrogens is 252 g/mol. The number of amides is 1. The zero-order valence-electron chi connectivity index (χ0n) is 12.2. The van der Waals surface area contributed by atoms with Crippen molar-refractivity contribution < 1.29 is 9.53 Å². The first-order valence-corrected chi connectivity index (χ1v) is 7.56. The van der Waals surface area contributed by atoms with Gasteiger partial charge in [-0.2, -0.15) is 0 Å². The van der Waals surface area contributed by atoms with Crippen LogP contribution in [0.5, 0.6) is 5.75 Å². The minimum atomic E-state index is -0.0616. The zero-order chi connectivity index (χ0) is 14.2. The highest BCUT2D eigenvalue weighted by Gasteiger charge is 2.19. The zero-order valence-corrected chi connectivity index (χ0v) is 12.2. The molecular formula is C16H24N2O2. The van der Waals surface area contributed by atoms with Crippen LogP contribution in [0.4, 0.5) is 5.69 Å². The van der Waals surface area contributed by atoms with E-state index in [0.29, 0.717) is 0 Å². The Morgan fingerprint density at radius 3 is 2.85 bits per heavy atom. The van der Waals surface area contributed by atoms with Gasteiger partial charge in [0.15, 0.2) is 0 Å². The van der Waals surface area contributed by atoms with Crippen molar-refractivity contribution in [2.24, 2.45) is 0 Å². The van der Waals surface area contributed by atoms with Crippen LogP contribution in [-0.2, 0) is 4.79 Å². The Hall–Kier alpha value is -1.55. The molecule has 1 fully saturated rings. The van der Waals surface area contributed by atoms with Gasteiger partial charge in [-0.05, 0) is 50.1 Å². The van der Waals surface area contributed by atoms with E-state index in [1.54, 1.807) is 0 Å². The van der Waals surface area contributed by atoms with E-state index in [1.807, 2.05) is 24.3 Å². The molecule has 0 aliphatic carbocycles. The number of hydrogen-bond acceptors (Lipinski definition) is 3. The van der Waals surface area contributed by atoms with E-state index in [4.69, 9.17) is 4.74 Å². The second-order valence-electron chi connectivity index (χ2n) is 5.22. The highest BCUT2D eigenvalue weighted by atomic mass is 16.5. The van der Waals surface area contributed by atoms with Crippen molar-refractivity contribution in [3.63, 3.8) is 0 Å². The van der Waals surface area contributed by atoms with E-state index in [2.05, 4.69) is 17.6 Å². The van der Waals surface area contributed by atoms with Gasteiger partial charge >= 0.3 is 0 Å². The molecule has 0 saturated carbocycles. The molecule has 1 unspecified atom stereocenters.